The zero-order valence-electron chi connectivity index (χ0n) is 21.8. The molecule has 4 N–H and O–H groups in total. The van der Waals surface area contributed by atoms with E-state index in [4.69, 9.17) is 4.98 Å². The molecule has 1 aliphatic heterocycles. The van der Waals surface area contributed by atoms with Crippen molar-refractivity contribution in [3.05, 3.63) is 83.7 Å². The second-order valence-electron chi connectivity index (χ2n) is 10.7. The normalized spacial score (nSPS) is 14.5. The number of anilines is 4. The van der Waals surface area contributed by atoms with Crippen molar-refractivity contribution in [3.63, 3.8) is 0 Å². The van der Waals surface area contributed by atoms with Gasteiger partial charge in [-0.25, -0.2) is 9.97 Å². The van der Waals surface area contributed by atoms with Crippen LogP contribution in [-0.4, -0.2) is 29.0 Å². The van der Waals surface area contributed by atoms with Gasteiger partial charge in [0, 0.05) is 41.1 Å². The molecule has 0 fully saturated rings. The van der Waals surface area contributed by atoms with Crippen molar-refractivity contribution in [1.29, 1.82) is 0 Å². The summed E-state index contributed by atoms with van der Waals surface area (Å²) in [6.07, 6.45) is 4.21. The van der Waals surface area contributed by atoms with Gasteiger partial charge in [-0.2, -0.15) is 0 Å². The lowest BCUT2D eigenvalue weighted by atomic mass is 9.85. The number of benzene rings is 1. The molecule has 3 heterocycles. The van der Waals surface area contributed by atoms with E-state index in [1.807, 2.05) is 24.3 Å². The molecule has 4 rings (SSSR count). The van der Waals surface area contributed by atoms with Crippen LogP contribution in [0.1, 0.15) is 61.8 Å². The molecule has 7 heteroatoms. The number of hydrogen-bond acceptors (Lipinski definition) is 6. The average Bonchev–Trinajstić information content (AvgIpc) is 2.82. The molecule has 1 amide bonds. The summed E-state index contributed by atoms with van der Waals surface area (Å²) in [5.74, 6) is 1.07. The van der Waals surface area contributed by atoms with Crippen molar-refractivity contribution in [2.24, 2.45) is 0 Å². The summed E-state index contributed by atoms with van der Waals surface area (Å²) in [5, 5.41) is 13.2. The average molecular weight is 485 g/mol. The van der Waals surface area contributed by atoms with Gasteiger partial charge in [0.15, 0.2) is 0 Å². The van der Waals surface area contributed by atoms with Gasteiger partial charge in [-0.15, -0.1) is 6.58 Å². The summed E-state index contributed by atoms with van der Waals surface area (Å²) >= 11 is 0. The van der Waals surface area contributed by atoms with Gasteiger partial charge < -0.3 is 21.3 Å². The predicted molar refractivity (Wildman–Crippen MR) is 147 cm³/mol. The number of carbonyl (C=O) groups excluding carboxylic acids is 1. The molecule has 0 radical (unpaired) electrons. The number of fused-ring (bicyclic) bond motifs is 1. The molecule has 0 aliphatic carbocycles. The minimum atomic E-state index is -0.230. The third kappa shape index (κ3) is 5.74. The molecule has 188 valence electrons. The van der Waals surface area contributed by atoms with Crippen molar-refractivity contribution in [1.82, 2.24) is 20.6 Å². The zero-order chi connectivity index (χ0) is 25.9. The van der Waals surface area contributed by atoms with E-state index in [1.54, 1.807) is 12.3 Å². The Morgan fingerprint density at radius 3 is 2.69 bits per heavy atom. The second-order valence-corrected chi connectivity index (χ2v) is 10.7. The van der Waals surface area contributed by atoms with E-state index < -0.39 is 0 Å². The fraction of sp³-hybridized carbons (Fsp3) is 0.345. The molecule has 0 spiro atoms. The van der Waals surface area contributed by atoms with Crippen LogP contribution in [0, 0.1) is 0 Å². The van der Waals surface area contributed by atoms with Crippen LogP contribution in [0.5, 0.6) is 0 Å². The van der Waals surface area contributed by atoms with Crippen molar-refractivity contribution in [2.75, 3.05) is 23.7 Å². The summed E-state index contributed by atoms with van der Waals surface area (Å²) in [6.45, 7) is 15.8. The highest BCUT2D eigenvalue weighted by atomic mass is 16.1. The monoisotopic (exact) mass is 484 g/mol. The molecule has 0 atom stereocenters. The Kier molecular flexibility index (Phi) is 7.13. The number of rotatable bonds is 7. The van der Waals surface area contributed by atoms with Gasteiger partial charge in [-0.3, -0.25) is 4.79 Å². The Morgan fingerprint density at radius 1 is 1.14 bits per heavy atom. The van der Waals surface area contributed by atoms with E-state index in [2.05, 4.69) is 85.6 Å². The van der Waals surface area contributed by atoms with E-state index in [0.717, 1.165) is 24.3 Å². The third-order valence-corrected chi connectivity index (χ3v) is 6.35. The maximum absolute atomic E-state index is 12.8. The fourth-order valence-electron chi connectivity index (χ4n) is 4.37. The van der Waals surface area contributed by atoms with Crippen LogP contribution in [0.25, 0.3) is 0 Å². The molecule has 36 heavy (non-hydrogen) atoms. The van der Waals surface area contributed by atoms with Crippen LogP contribution in [0.3, 0.4) is 0 Å². The molecule has 7 nitrogen and oxygen atoms in total. The van der Waals surface area contributed by atoms with Gasteiger partial charge in [-0.05, 0) is 62.2 Å². The van der Waals surface area contributed by atoms with Gasteiger partial charge in [0.2, 0.25) is 0 Å². The van der Waals surface area contributed by atoms with Crippen LogP contribution < -0.4 is 21.3 Å². The topological polar surface area (TPSA) is 91.0 Å². The minimum absolute atomic E-state index is 0.0451. The Balaban J connectivity index is 1.65. The first-order valence-corrected chi connectivity index (χ1v) is 12.4. The molecular formula is C29H36N6O. The molecule has 1 aromatic carbocycles. The summed E-state index contributed by atoms with van der Waals surface area (Å²) in [5.41, 5.74) is 5.48. The van der Waals surface area contributed by atoms with Crippen molar-refractivity contribution >= 4 is 28.9 Å². The zero-order valence-corrected chi connectivity index (χ0v) is 21.8. The standard InChI is InChI=1S/C29H36N6O/c1-7-14-30-27(36)21-18-31-26(17-23(21)34-25-10-8-9-24(35-25)28(2,3)4)33-20-11-12-22-19(16-20)13-15-32-29(22,5)6/h7-12,16-18,32H,1,13-15H2,2-6H3,(H,30,36)(H2,31,33,34,35). The summed E-state index contributed by atoms with van der Waals surface area (Å²) in [6, 6.07) is 14.1. The van der Waals surface area contributed by atoms with Crippen LogP contribution in [0.15, 0.2) is 61.3 Å². The Labute approximate surface area is 213 Å². The number of pyridine rings is 2. The van der Waals surface area contributed by atoms with E-state index >= 15 is 0 Å². The van der Waals surface area contributed by atoms with Gasteiger partial charge in [0.05, 0.1) is 11.3 Å². The van der Waals surface area contributed by atoms with Crippen LogP contribution in [0.2, 0.25) is 0 Å². The first kappa shape index (κ1) is 25.4. The lowest BCUT2D eigenvalue weighted by molar-refractivity contribution is 0.0958. The van der Waals surface area contributed by atoms with Crippen molar-refractivity contribution in [2.45, 2.75) is 52.0 Å². The highest BCUT2D eigenvalue weighted by Gasteiger charge is 2.26. The molecule has 0 saturated carbocycles. The van der Waals surface area contributed by atoms with Gasteiger partial charge in [0.25, 0.3) is 5.91 Å². The van der Waals surface area contributed by atoms with Gasteiger partial charge in [0.1, 0.15) is 11.6 Å². The number of nitrogens with zero attached hydrogens (tertiary/aromatic N) is 2. The number of hydrogen-bond donors (Lipinski definition) is 4. The maximum atomic E-state index is 12.8. The first-order chi connectivity index (χ1) is 17.1. The lowest BCUT2D eigenvalue weighted by Gasteiger charge is -2.34. The molecule has 0 unspecified atom stereocenters. The molecular weight excluding hydrogens is 448 g/mol. The minimum Gasteiger partial charge on any atom is -0.348 e. The number of carbonyl (C=O) groups is 1. The van der Waals surface area contributed by atoms with Crippen molar-refractivity contribution in [3.8, 4) is 0 Å². The largest absolute Gasteiger partial charge is 0.348 e. The predicted octanol–water partition coefficient (Wildman–Crippen LogP) is 5.56. The fourth-order valence-corrected chi connectivity index (χ4v) is 4.37. The van der Waals surface area contributed by atoms with E-state index in [9.17, 15) is 4.79 Å². The third-order valence-electron chi connectivity index (χ3n) is 6.35. The van der Waals surface area contributed by atoms with Crippen LogP contribution in [-0.2, 0) is 17.4 Å². The highest BCUT2D eigenvalue weighted by Crippen LogP contribution is 2.32. The lowest BCUT2D eigenvalue weighted by Crippen LogP contribution is -2.42. The van der Waals surface area contributed by atoms with Crippen molar-refractivity contribution < 1.29 is 4.79 Å². The molecule has 2 aromatic heterocycles. The van der Waals surface area contributed by atoms with E-state index in [0.29, 0.717) is 29.4 Å². The maximum Gasteiger partial charge on any atom is 0.255 e. The van der Waals surface area contributed by atoms with Crippen LogP contribution >= 0.6 is 0 Å². The van der Waals surface area contributed by atoms with Gasteiger partial charge in [-0.1, -0.05) is 39.0 Å². The Morgan fingerprint density at radius 2 is 1.94 bits per heavy atom. The summed E-state index contributed by atoms with van der Waals surface area (Å²) < 4.78 is 0. The number of nitrogens with one attached hydrogen (secondary N) is 4. The molecule has 0 saturated heterocycles. The SMILES string of the molecule is C=CCNC(=O)c1cnc(Nc2ccc3c(c2)CCNC3(C)C)cc1Nc1cccc(C(C)(C)C)n1. The van der Waals surface area contributed by atoms with Gasteiger partial charge >= 0.3 is 0 Å². The Bertz CT molecular complexity index is 1270. The molecule has 3 aromatic rings. The molecule has 0 bridgehead atoms. The quantitative estimate of drug-likeness (QED) is 0.328. The van der Waals surface area contributed by atoms with Crippen LogP contribution in [0.4, 0.5) is 23.0 Å². The smallest absolute Gasteiger partial charge is 0.255 e. The molecule has 1 aliphatic rings. The number of aromatic nitrogens is 2. The Hall–Kier alpha value is -3.71. The number of amides is 1. The highest BCUT2D eigenvalue weighted by molar-refractivity contribution is 6.00. The summed E-state index contributed by atoms with van der Waals surface area (Å²) in [7, 11) is 0. The first-order valence-electron chi connectivity index (χ1n) is 12.4. The summed E-state index contributed by atoms with van der Waals surface area (Å²) in [4.78, 5) is 22.2. The second kappa shape index (κ2) is 10.1. The van der Waals surface area contributed by atoms with E-state index in [-0.39, 0.29) is 16.9 Å². The van der Waals surface area contributed by atoms with E-state index in [1.165, 1.54) is 11.1 Å².